The molecular formula is C20H21N3O6. The zero-order chi connectivity index (χ0) is 20.8. The highest BCUT2D eigenvalue weighted by molar-refractivity contribution is 6.20. The molecular weight excluding hydrogens is 378 g/mol. The van der Waals surface area contributed by atoms with Crippen LogP contribution in [0.1, 0.15) is 6.92 Å². The summed E-state index contributed by atoms with van der Waals surface area (Å²) in [4.78, 5) is 32.9. The zero-order valence-corrected chi connectivity index (χ0v) is 16.4. The Morgan fingerprint density at radius 2 is 1.79 bits per heavy atom. The molecule has 0 bridgehead atoms. The highest BCUT2D eigenvalue weighted by Crippen LogP contribution is 2.34. The van der Waals surface area contributed by atoms with E-state index in [-0.39, 0.29) is 17.2 Å². The van der Waals surface area contributed by atoms with Crippen LogP contribution >= 0.6 is 0 Å². The van der Waals surface area contributed by atoms with Crippen molar-refractivity contribution in [2.24, 2.45) is 0 Å². The molecule has 0 amide bonds. The summed E-state index contributed by atoms with van der Waals surface area (Å²) in [5.41, 5.74) is 0.675. The number of methoxy groups -OCH3 is 2. The van der Waals surface area contributed by atoms with E-state index in [1.165, 1.54) is 25.6 Å². The lowest BCUT2D eigenvalue weighted by Crippen LogP contribution is -2.20. The van der Waals surface area contributed by atoms with Gasteiger partial charge >= 0.3 is 0 Å². The summed E-state index contributed by atoms with van der Waals surface area (Å²) in [6.07, 6.45) is 3.72. The van der Waals surface area contributed by atoms with Gasteiger partial charge in [0.2, 0.25) is 11.6 Å². The summed E-state index contributed by atoms with van der Waals surface area (Å²) in [6, 6.07) is 3.42. The second-order valence-corrected chi connectivity index (χ2v) is 5.94. The predicted octanol–water partition coefficient (Wildman–Crippen LogP) is 2.03. The summed E-state index contributed by atoms with van der Waals surface area (Å²) >= 11 is 0. The van der Waals surface area contributed by atoms with E-state index in [9.17, 15) is 9.59 Å². The van der Waals surface area contributed by atoms with Crippen molar-refractivity contribution in [1.29, 1.82) is 0 Å². The van der Waals surface area contributed by atoms with Gasteiger partial charge in [-0.3, -0.25) is 9.59 Å². The molecule has 0 radical (unpaired) electrons. The number of nitrogens with one attached hydrogen (secondary N) is 1. The van der Waals surface area contributed by atoms with Crippen LogP contribution in [0.5, 0.6) is 11.5 Å². The van der Waals surface area contributed by atoms with Crippen molar-refractivity contribution >= 4 is 28.3 Å². The van der Waals surface area contributed by atoms with Crippen LogP contribution in [-0.2, 0) is 19.1 Å². The van der Waals surface area contributed by atoms with E-state index >= 15 is 0 Å². The van der Waals surface area contributed by atoms with Gasteiger partial charge < -0.3 is 24.3 Å². The molecule has 2 aromatic rings. The molecule has 3 rings (SSSR count). The smallest absolute Gasteiger partial charge is 0.222 e. The Morgan fingerprint density at radius 3 is 2.52 bits per heavy atom. The quantitative estimate of drug-likeness (QED) is 0.500. The maximum atomic E-state index is 12.4. The maximum Gasteiger partial charge on any atom is 0.222 e. The van der Waals surface area contributed by atoms with Crippen molar-refractivity contribution in [3.63, 3.8) is 0 Å². The number of allylic oxidation sites excluding steroid dienone is 2. The molecule has 1 aromatic carbocycles. The van der Waals surface area contributed by atoms with E-state index in [4.69, 9.17) is 18.9 Å². The number of hydrogen-bond acceptors (Lipinski definition) is 9. The van der Waals surface area contributed by atoms with Crippen LogP contribution in [0.25, 0.3) is 10.9 Å². The SMILES string of the molecule is CCOC1=CC(=O)C(Nc2ncnc3cc(OCCOC)c(OC)cc23)=CC1=O. The molecule has 0 unspecified atom stereocenters. The monoisotopic (exact) mass is 399 g/mol. The second-order valence-electron chi connectivity index (χ2n) is 5.94. The molecule has 0 spiro atoms. The van der Waals surface area contributed by atoms with Gasteiger partial charge in [-0.15, -0.1) is 0 Å². The summed E-state index contributed by atoms with van der Waals surface area (Å²) in [6.45, 7) is 2.82. The summed E-state index contributed by atoms with van der Waals surface area (Å²) in [5.74, 6) is 0.594. The topological polar surface area (TPSA) is 109 Å². The van der Waals surface area contributed by atoms with Crippen LogP contribution in [0.15, 0.2) is 42.1 Å². The molecule has 0 saturated heterocycles. The number of hydrogen-bond donors (Lipinski definition) is 1. The first-order chi connectivity index (χ1) is 14.1. The van der Waals surface area contributed by atoms with Crippen molar-refractivity contribution < 1.29 is 28.5 Å². The van der Waals surface area contributed by atoms with E-state index in [2.05, 4.69) is 15.3 Å². The largest absolute Gasteiger partial charge is 0.493 e. The average Bonchev–Trinajstić information content (AvgIpc) is 2.71. The van der Waals surface area contributed by atoms with Crippen molar-refractivity contribution in [3.05, 3.63) is 42.1 Å². The van der Waals surface area contributed by atoms with Gasteiger partial charge in [-0.25, -0.2) is 9.97 Å². The Balaban J connectivity index is 1.91. The zero-order valence-electron chi connectivity index (χ0n) is 16.4. The molecule has 1 N–H and O–H groups in total. The van der Waals surface area contributed by atoms with Gasteiger partial charge in [0.25, 0.3) is 0 Å². The Bertz CT molecular complexity index is 999. The van der Waals surface area contributed by atoms with Crippen molar-refractivity contribution in [2.75, 3.05) is 39.4 Å². The van der Waals surface area contributed by atoms with Gasteiger partial charge in [-0.1, -0.05) is 0 Å². The lowest BCUT2D eigenvalue weighted by Gasteiger charge is -2.16. The minimum Gasteiger partial charge on any atom is -0.493 e. The number of benzene rings is 1. The Kier molecular flexibility index (Phi) is 6.40. The number of anilines is 1. The highest BCUT2D eigenvalue weighted by Gasteiger charge is 2.22. The molecule has 0 atom stereocenters. The molecule has 1 aliphatic rings. The summed E-state index contributed by atoms with van der Waals surface area (Å²) in [5, 5.41) is 3.51. The molecule has 152 valence electrons. The highest BCUT2D eigenvalue weighted by atomic mass is 16.5. The molecule has 0 saturated carbocycles. The lowest BCUT2D eigenvalue weighted by atomic mass is 10.1. The minimum atomic E-state index is -0.390. The Hall–Kier alpha value is -3.46. The van der Waals surface area contributed by atoms with Crippen LogP contribution in [0, 0.1) is 0 Å². The molecule has 1 aromatic heterocycles. The lowest BCUT2D eigenvalue weighted by molar-refractivity contribution is -0.117. The van der Waals surface area contributed by atoms with Gasteiger partial charge in [-0.05, 0) is 13.0 Å². The van der Waals surface area contributed by atoms with Crippen LogP contribution in [0.3, 0.4) is 0 Å². The fourth-order valence-electron chi connectivity index (χ4n) is 2.71. The van der Waals surface area contributed by atoms with Gasteiger partial charge in [0, 0.05) is 30.7 Å². The Morgan fingerprint density at radius 1 is 0.966 bits per heavy atom. The fraction of sp³-hybridized carbons (Fsp3) is 0.300. The van der Waals surface area contributed by atoms with Crippen LogP contribution < -0.4 is 14.8 Å². The number of ether oxygens (including phenoxy) is 4. The maximum absolute atomic E-state index is 12.4. The minimum absolute atomic E-state index is 0.0233. The second kappa shape index (κ2) is 9.16. The molecule has 0 fully saturated rings. The number of fused-ring (bicyclic) bond motifs is 1. The van der Waals surface area contributed by atoms with Gasteiger partial charge in [-0.2, -0.15) is 0 Å². The third-order valence-electron chi connectivity index (χ3n) is 4.06. The number of rotatable bonds is 9. The first kappa shape index (κ1) is 20.3. The van der Waals surface area contributed by atoms with Gasteiger partial charge in [0.1, 0.15) is 18.8 Å². The van der Waals surface area contributed by atoms with Crippen LogP contribution in [-0.4, -0.2) is 55.6 Å². The fourth-order valence-corrected chi connectivity index (χ4v) is 2.71. The molecule has 1 heterocycles. The third-order valence-corrected chi connectivity index (χ3v) is 4.06. The number of nitrogens with zero attached hydrogens (tertiary/aromatic N) is 2. The van der Waals surface area contributed by atoms with Crippen LogP contribution in [0.2, 0.25) is 0 Å². The first-order valence-electron chi connectivity index (χ1n) is 8.93. The van der Waals surface area contributed by atoms with E-state index < -0.39 is 5.78 Å². The number of ketones is 2. The van der Waals surface area contributed by atoms with Crippen molar-refractivity contribution in [1.82, 2.24) is 9.97 Å². The van der Waals surface area contributed by atoms with E-state index in [0.29, 0.717) is 48.0 Å². The summed E-state index contributed by atoms with van der Waals surface area (Å²) < 4.78 is 21.2. The van der Waals surface area contributed by atoms with Crippen molar-refractivity contribution in [2.45, 2.75) is 6.92 Å². The van der Waals surface area contributed by atoms with E-state index in [1.54, 1.807) is 26.2 Å². The molecule has 0 aliphatic heterocycles. The standard InChI is InChI=1S/C20H21N3O6/c1-4-28-17-10-15(24)14(8-16(17)25)23-20-12-7-18(27-3)19(29-6-5-26-2)9-13(12)21-11-22-20/h7-11H,4-6H2,1-3H3,(H,21,22,23). The average molecular weight is 399 g/mol. The molecule has 29 heavy (non-hydrogen) atoms. The van der Waals surface area contributed by atoms with Gasteiger partial charge in [0.05, 0.1) is 31.5 Å². The number of aromatic nitrogens is 2. The first-order valence-corrected chi connectivity index (χ1v) is 8.93. The number of carbonyl (C=O) groups is 2. The summed E-state index contributed by atoms with van der Waals surface area (Å²) in [7, 11) is 3.11. The Labute approximate surface area is 167 Å². The van der Waals surface area contributed by atoms with Crippen molar-refractivity contribution in [3.8, 4) is 11.5 Å². The van der Waals surface area contributed by atoms with Crippen LogP contribution in [0.4, 0.5) is 5.82 Å². The molecule has 9 heteroatoms. The number of carbonyl (C=O) groups excluding carboxylic acids is 2. The third kappa shape index (κ3) is 4.52. The normalized spacial score (nSPS) is 13.8. The van der Waals surface area contributed by atoms with Gasteiger partial charge in [0.15, 0.2) is 17.3 Å². The van der Waals surface area contributed by atoms with E-state index in [0.717, 1.165) is 0 Å². The predicted molar refractivity (Wildman–Crippen MR) is 105 cm³/mol. The molecule has 9 nitrogen and oxygen atoms in total. The van der Waals surface area contributed by atoms with E-state index in [1.807, 2.05) is 0 Å². The molecule has 1 aliphatic carbocycles.